The minimum atomic E-state index is -0.490. The number of rotatable bonds is 5. The van der Waals surface area contributed by atoms with E-state index < -0.39 is 4.92 Å². The minimum absolute atomic E-state index is 0.0302. The van der Waals surface area contributed by atoms with E-state index in [9.17, 15) is 14.9 Å². The molecule has 0 saturated carbocycles. The SMILES string of the molecule is Cc1c(Cl)cccc1NC(=O)Cn1nnc(-c2ccc([N+](=O)[O-])cc2)n1. The van der Waals surface area contributed by atoms with Gasteiger partial charge in [-0.1, -0.05) is 17.7 Å². The third kappa shape index (κ3) is 3.83. The van der Waals surface area contributed by atoms with Gasteiger partial charge in [0.05, 0.1) is 4.92 Å². The number of nitro benzene ring substituents is 1. The number of nitrogens with one attached hydrogen (secondary N) is 1. The van der Waals surface area contributed by atoms with E-state index >= 15 is 0 Å². The average Bonchev–Trinajstić information content (AvgIpc) is 3.07. The summed E-state index contributed by atoms with van der Waals surface area (Å²) in [6, 6.07) is 11.0. The van der Waals surface area contributed by atoms with Crippen molar-refractivity contribution in [3.8, 4) is 11.4 Å². The summed E-state index contributed by atoms with van der Waals surface area (Å²) < 4.78 is 0. The summed E-state index contributed by atoms with van der Waals surface area (Å²) in [6.07, 6.45) is 0. The fourth-order valence-electron chi connectivity index (χ4n) is 2.22. The van der Waals surface area contributed by atoms with E-state index in [1.807, 2.05) is 0 Å². The summed E-state index contributed by atoms with van der Waals surface area (Å²) in [5, 5.41) is 25.8. The minimum Gasteiger partial charge on any atom is -0.324 e. The van der Waals surface area contributed by atoms with Crippen molar-refractivity contribution in [3.63, 3.8) is 0 Å². The molecule has 0 bridgehead atoms. The second-order valence-electron chi connectivity index (χ2n) is 5.41. The lowest BCUT2D eigenvalue weighted by Gasteiger charge is -2.08. The molecule has 0 fully saturated rings. The highest BCUT2D eigenvalue weighted by molar-refractivity contribution is 6.31. The predicted octanol–water partition coefficient (Wildman–Crippen LogP) is 2.85. The van der Waals surface area contributed by atoms with Crippen LogP contribution in [-0.2, 0) is 11.3 Å². The second kappa shape index (κ2) is 7.28. The summed E-state index contributed by atoms with van der Waals surface area (Å²) in [4.78, 5) is 23.5. The van der Waals surface area contributed by atoms with Crippen molar-refractivity contribution in [2.45, 2.75) is 13.5 Å². The molecule has 0 aliphatic rings. The zero-order valence-corrected chi connectivity index (χ0v) is 14.3. The summed E-state index contributed by atoms with van der Waals surface area (Å²) >= 11 is 6.03. The zero-order chi connectivity index (χ0) is 18.7. The number of halogens is 1. The maximum Gasteiger partial charge on any atom is 0.269 e. The molecule has 1 aromatic heterocycles. The molecule has 10 heteroatoms. The van der Waals surface area contributed by atoms with Crippen LogP contribution >= 0.6 is 11.6 Å². The lowest BCUT2D eigenvalue weighted by molar-refractivity contribution is -0.384. The van der Waals surface area contributed by atoms with Crippen molar-refractivity contribution in [2.75, 3.05) is 5.32 Å². The number of nitro groups is 1. The molecule has 0 radical (unpaired) electrons. The van der Waals surface area contributed by atoms with Crippen molar-refractivity contribution < 1.29 is 9.72 Å². The highest BCUT2D eigenvalue weighted by atomic mass is 35.5. The first-order chi connectivity index (χ1) is 12.4. The Morgan fingerprint density at radius 2 is 2.00 bits per heavy atom. The summed E-state index contributed by atoms with van der Waals surface area (Å²) in [7, 11) is 0. The Hall–Kier alpha value is -3.33. The molecule has 132 valence electrons. The van der Waals surface area contributed by atoms with E-state index in [1.54, 1.807) is 25.1 Å². The predicted molar refractivity (Wildman–Crippen MR) is 94.7 cm³/mol. The molecular formula is C16H13ClN6O3. The van der Waals surface area contributed by atoms with Crippen LogP contribution in [0.25, 0.3) is 11.4 Å². The number of carbonyl (C=O) groups is 1. The van der Waals surface area contributed by atoms with E-state index in [0.29, 0.717) is 16.3 Å². The van der Waals surface area contributed by atoms with Crippen molar-refractivity contribution >= 4 is 28.9 Å². The van der Waals surface area contributed by atoms with Crippen LogP contribution in [0, 0.1) is 17.0 Å². The number of nitrogens with zero attached hydrogens (tertiary/aromatic N) is 5. The molecule has 0 aliphatic carbocycles. The van der Waals surface area contributed by atoms with Gasteiger partial charge < -0.3 is 5.32 Å². The Kier molecular flexibility index (Phi) is 4.90. The van der Waals surface area contributed by atoms with Gasteiger partial charge in [0, 0.05) is 28.4 Å². The molecule has 0 unspecified atom stereocenters. The molecule has 3 aromatic rings. The van der Waals surface area contributed by atoms with Gasteiger partial charge >= 0.3 is 0 Å². The van der Waals surface area contributed by atoms with Gasteiger partial charge in [0.2, 0.25) is 11.7 Å². The van der Waals surface area contributed by atoms with Crippen molar-refractivity contribution in [1.82, 2.24) is 20.2 Å². The fraction of sp³-hybridized carbons (Fsp3) is 0.125. The van der Waals surface area contributed by atoms with Crippen LogP contribution in [0.3, 0.4) is 0 Å². The average molecular weight is 373 g/mol. The summed E-state index contributed by atoms with van der Waals surface area (Å²) in [5.74, 6) is -0.0605. The quantitative estimate of drug-likeness (QED) is 0.543. The van der Waals surface area contributed by atoms with Crippen molar-refractivity contribution in [1.29, 1.82) is 0 Å². The van der Waals surface area contributed by atoms with E-state index in [-0.39, 0.29) is 24.0 Å². The number of hydrogen-bond donors (Lipinski definition) is 1. The summed E-state index contributed by atoms with van der Waals surface area (Å²) in [5.41, 5.74) is 1.91. The number of tetrazole rings is 1. The number of anilines is 1. The van der Waals surface area contributed by atoms with Crippen LogP contribution in [0.5, 0.6) is 0 Å². The lowest BCUT2D eigenvalue weighted by atomic mass is 10.2. The van der Waals surface area contributed by atoms with Crippen LogP contribution in [0.4, 0.5) is 11.4 Å². The number of benzene rings is 2. The number of aromatic nitrogens is 4. The van der Waals surface area contributed by atoms with Gasteiger partial charge in [0.1, 0.15) is 6.54 Å². The van der Waals surface area contributed by atoms with Gasteiger partial charge in [0.25, 0.3) is 5.69 Å². The first-order valence-corrected chi connectivity index (χ1v) is 7.89. The van der Waals surface area contributed by atoms with Gasteiger partial charge in [-0.3, -0.25) is 14.9 Å². The maximum absolute atomic E-state index is 12.2. The molecule has 3 rings (SSSR count). The molecule has 1 amide bonds. The molecule has 9 nitrogen and oxygen atoms in total. The van der Waals surface area contributed by atoms with Crippen molar-refractivity contribution in [3.05, 3.63) is 63.2 Å². The zero-order valence-electron chi connectivity index (χ0n) is 13.6. The first kappa shape index (κ1) is 17.5. The molecule has 26 heavy (non-hydrogen) atoms. The normalized spacial score (nSPS) is 10.5. The molecule has 0 saturated heterocycles. The number of hydrogen-bond acceptors (Lipinski definition) is 6. The van der Waals surface area contributed by atoms with Gasteiger partial charge in [-0.05, 0) is 42.0 Å². The third-order valence-corrected chi connectivity index (χ3v) is 4.03. The van der Waals surface area contributed by atoms with Crippen LogP contribution < -0.4 is 5.32 Å². The van der Waals surface area contributed by atoms with Gasteiger partial charge in [-0.15, -0.1) is 10.2 Å². The Balaban J connectivity index is 1.69. The summed E-state index contributed by atoms with van der Waals surface area (Å²) in [6.45, 7) is 1.67. The fourth-order valence-corrected chi connectivity index (χ4v) is 2.39. The van der Waals surface area contributed by atoms with E-state index in [0.717, 1.165) is 10.4 Å². The Labute approximate surface area is 152 Å². The Bertz CT molecular complexity index is 970. The van der Waals surface area contributed by atoms with Gasteiger partial charge in [0.15, 0.2) is 0 Å². The molecule has 0 aliphatic heterocycles. The highest BCUT2D eigenvalue weighted by Crippen LogP contribution is 2.23. The second-order valence-corrected chi connectivity index (χ2v) is 5.82. The largest absolute Gasteiger partial charge is 0.324 e. The Morgan fingerprint density at radius 1 is 1.27 bits per heavy atom. The van der Waals surface area contributed by atoms with Crippen LogP contribution in [0.1, 0.15) is 5.56 Å². The molecular weight excluding hydrogens is 360 g/mol. The highest BCUT2D eigenvalue weighted by Gasteiger charge is 2.12. The third-order valence-electron chi connectivity index (χ3n) is 3.62. The van der Waals surface area contributed by atoms with Gasteiger partial charge in [-0.2, -0.15) is 4.80 Å². The molecule has 0 spiro atoms. The van der Waals surface area contributed by atoms with E-state index in [4.69, 9.17) is 11.6 Å². The maximum atomic E-state index is 12.2. The number of amides is 1. The monoisotopic (exact) mass is 372 g/mol. The van der Waals surface area contributed by atoms with E-state index in [1.165, 1.54) is 24.3 Å². The Morgan fingerprint density at radius 3 is 2.69 bits per heavy atom. The van der Waals surface area contributed by atoms with Crippen LogP contribution in [0.15, 0.2) is 42.5 Å². The number of carbonyl (C=O) groups excluding carboxylic acids is 1. The molecule has 1 N–H and O–H groups in total. The van der Waals surface area contributed by atoms with Crippen LogP contribution in [0.2, 0.25) is 5.02 Å². The molecule has 2 aromatic carbocycles. The smallest absolute Gasteiger partial charge is 0.269 e. The molecule has 0 atom stereocenters. The van der Waals surface area contributed by atoms with E-state index in [2.05, 4.69) is 20.7 Å². The number of non-ortho nitro benzene ring substituents is 1. The molecule has 1 heterocycles. The van der Waals surface area contributed by atoms with Crippen molar-refractivity contribution in [2.24, 2.45) is 0 Å². The lowest BCUT2D eigenvalue weighted by Crippen LogP contribution is -2.21. The van der Waals surface area contributed by atoms with Crippen LogP contribution in [-0.4, -0.2) is 31.0 Å². The topological polar surface area (TPSA) is 116 Å². The standard InChI is InChI=1S/C16H13ClN6O3/c1-10-13(17)3-2-4-14(10)18-15(24)9-22-20-16(19-21-22)11-5-7-12(8-6-11)23(25)26/h2-8H,9H2,1H3,(H,18,24). The van der Waals surface area contributed by atoms with Gasteiger partial charge in [-0.25, -0.2) is 0 Å². The first-order valence-electron chi connectivity index (χ1n) is 7.51.